The molecule has 172 valence electrons. The van der Waals surface area contributed by atoms with Crippen molar-refractivity contribution in [2.24, 2.45) is 0 Å². The minimum Gasteiger partial charge on any atom is -0.492 e. The fourth-order valence-electron chi connectivity index (χ4n) is 4.24. The maximum atomic E-state index is 14.4. The summed E-state index contributed by atoms with van der Waals surface area (Å²) in [7, 11) is 3.02. The van der Waals surface area contributed by atoms with Crippen LogP contribution in [0.5, 0.6) is 11.5 Å². The molecule has 2 aromatic heterocycles. The Morgan fingerprint density at radius 2 is 2.15 bits per heavy atom. The number of halogens is 1. The van der Waals surface area contributed by atoms with Gasteiger partial charge in [0.2, 0.25) is 0 Å². The largest absolute Gasteiger partial charge is 0.492 e. The smallest absolute Gasteiger partial charge is 0.255 e. The Bertz CT molecular complexity index is 1210. The summed E-state index contributed by atoms with van der Waals surface area (Å²) in [6, 6.07) is 6.41. The Morgan fingerprint density at radius 1 is 1.27 bits per heavy atom. The quantitative estimate of drug-likeness (QED) is 0.454. The van der Waals surface area contributed by atoms with E-state index in [-0.39, 0.29) is 17.8 Å². The molecule has 0 saturated heterocycles. The lowest BCUT2D eigenvalue weighted by atomic mass is 10.0. The summed E-state index contributed by atoms with van der Waals surface area (Å²) in [6.45, 7) is 1.50. The Kier molecular flexibility index (Phi) is 5.51. The van der Waals surface area contributed by atoms with Gasteiger partial charge in [-0.05, 0) is 18.2 Å². The Labute approximate surface area is 189 Å². The third kappa shape index (κ3) is 3.72. The Balaban J connectivity index is 1.66. The van der Waals surface area contributed by atoms with E-state index in [4.69, 9.17) is 14.2 Å². The molecular formula is C23H24FN5O4. The van der Waals surface area contributed by atoms with Crippen molar-refractivity contribution in [3.8, 4) is 22.8 Å². The SMILES string of the molecule is COC[C@@H]1CNc2nccc(-c3[nH]c4c(c3Nc3cccc(F)c3OC)C(=O)NCC4)c2O1. The number of rotatable bonds is 6. The van der Waals surface area contributed by atoms with E-state index >= 15 is 0 Å². The molecule has 1 atom stereocenters. The maximum absolute atomic E-state index is 14.4. The molecule has 0 spiro atoms. The van der Waals surface area contributed by atoms with Crippen molar-refractivity contribution in [1.29, 1.82) is 0 Å². The fourth-order valence-corrected chi connectivity index (χ4v) is 4.24. The molecule has 5 rings (SSSR count). The van der Waals surface area contributed by atoms with Gasteiger partial charge in [-0.15, -0.1) is 0 Å². The molecule has 9 nitrogen and oxygen atoms in total. The molecule has 0 unspecified atom stereocenters. The molecule has 0 radical (unpaired) electrons. The number of ether oxygens (including phenoxy) is 3. The van der Waals surface area contributed by atoms with Crippen LogP contribution in [-0.4, -0.2) is 55.9 Å². The highest BCUT2D eigenvalue weighted by molar-refractivity contribution is 6.07. The summed E-state index contributed by atoms with van der Waals surface area (Å²) in [5.74, 6) is 0.500. The molecule has 2 aliphatic heterocycles. The average Bonchev–Trinajstić information content (AvgIpc) is 3.18. The van der Waals surface area contributed by atoms with Gasteiger partial charge < -0.3 is 35.1 Å². The number of methoxy groups -OCH3 is 2. The summed E-state index contributed by atoms with van der Waals surface area (Å²) >= 11 is 0. The number of fused-ring (bicyclic) bond motifs is 2. The number of aromatic nitrogens is 2. The second-order valence-corrected chi connectivity index (χ2v) is 7.79. The van der Waals surface area contributed by atoms with Crippen molar-refractivity contribution in [3.63, 3.8) is 0 Å². The molecule has 3 aromatic rings. The molecule has 1 amide bonds. The zero-order valence-electron chi connectivity index (χ0n) is 18.3. The molecule has 0 fully saturated rings. The molecule has 2 aliphatic rings. The van der Waals surface area contributed by atoms with E-state index in [1.165, 1.54) is 13.2 Å². The minimum absolute atomic E-state index is 0.0597. The number of carbonyl (C=O) groups is 1. The van der Waals surface area contributed by atoms with E-state index < -0.39 is 5.82 Å². The molecular weight excluding hydrogens is 429 g/mol. The topological polar surface area (TPSA) is 110 Å². The number of hydrogen-bond acceptors (Lipinski definition) is 7. The molecule has 0 saturated carbocycles. The van der Waals surface area contributed by atoms with E-state index in [1.807, 2.05) is 6.07 Å². The van der Waals surface area contributed by atoms with Crippen molar-refractivity contribution in [2.75, 3.05) is 44.5 Å². The number of hydrogen-bond donors (Lipinski definition) is 4. The maximum Gasteiger partial charge on any atom is 0.255 e. The zero-order valence-corrected chi connectivity index (χ0v) is 18.3. The van der Waals surface area contributed by atoms with Crippen LogP contribution in [0, 0.1) is 5.82 Å². The predicted molar refractivity (Wildman–Crippen MR) is 121 cm³/mol. The van der Waals surface area contributed by atoms with Crippen molar-refractivity contribution in [3.05, 3.63) is 47.5 Å². The van der Waals surface area contributed by atoms with E-state index in [0.29, 0.717) is 65.9 Å². The van der Waals surface area contributed by atoms with Gasteiger partial charge in [0.25, 0.3) is 5.91 Å². The van der Waals surface area contributed by atoms with Crippen molar-refractivity contribution < 1.29 is 23.4 Å². The molecule has 33 heavy (non-hydrogen) atoms. The first kappa shape index (κ1) is 21.1. The van der Waals surface area contributed by atoms with Gasteiger partial charge >= 0.3 is 0 Å². The first-order valence-corrected chi connectivity index (χ1v) is 10.6. The lowest BCUT2D eigenvalue weighted by Crippen LogP contribution is -2.35. The highest BCUT2D eigenvalue weighted by atomic mass is 19.1. The third-order valence-corrected chi connectivity index (χ3v) is 5.70. The van der Waals surface area contributed by atoms with Gasteiger partial charge in [-0.3, -0.25) is 4.79 Å². The Morgan fingerprint density at radius 3 is 2.97 bits per heavy atom. The van der Waals surface area contributed by atoms with Crippen molar-refractivity contribution in [1.82, 2.24) is 15.3 Å². The van der Waals surface area contributed by atoms with E-state index in [2.05, 4.69) is 25.9 Å². The number of carbonyl (C=O) groups excluding carboxylic acids is 1. The summed E-state index contributed by atoms with van der Waals surface area (Å²) in [5, 5.41) is 9.39. The number of benzene rings is 1. The Hall–Kier alpha value is -3.79. The van der Waals surface area contributed by atoms with Gasteiger partial charge in [0, 0.05) is 37.5 Å². The molecule has 0 aliphatic carbocycles. The standard InChI is InChI=1S/C23H24FN5O4/c1-31-11-12-10-27-22-20(33-12)13(6-8-25-22)18-19(17-15(28-18)7-9-26-23(17)30)29-16-5-3-4-14(24)21(16)32-2/h3-6,8,12,28-29H,7,9-11H2,1-2H3,(H,25,27)(H,26,30)/t12-/m0/s1. The normalized spacial score (nSPS) is 16.7. The van der Waals surface area contributed by atoms with Crippen LogP contribution in [0.25, 0.3) is 11.3 Å². The van der Waals surface area contributed by atoms with Crippen LogP contribution in [0.15, 0.2) is 30.5 Å². The van der Waals surface area contributed by atoms with Crippen molar-refractivity contribution in [2.45, 2.75) is 12.5 Å². The van der Waals surface area contributed by atoms with Gasteiger partial charge in [0.05, 0.1) is 42.9 Å². The number of pyridine rings is 1. The number of H-pyrrole nitrogens is 1. The van der Waals surface area contributed by atoms with Crippen LogP contribution in [0.4, 0.5) is 21.6 Å². The summed E-state index contributed by atoms with van der Waals surface area (Å²) < 4.78 is 31.1. The first-order chi connectivity index (χ1) is 16.1. The molecule has 1 aromatic carbocycles. The van der Waals surface area contributed by atoms with Gasteiger partial charge in [0.1, 0.15) is 6.10 Å². The van der Waals surface area contributed by atoms with Gasteiger partial charge in [-0.25, -0.2) is 9.37 Å². The average molecular weight is 453 g/mol. The van der Waals surface area contributed by atoms with Crippen LogP contribution in [-0.2, 0) is 11.2 Å². The number of nitrogens with one attached hydrogen (secondary N) is 4. The van der Waals surface area contributed by atoms with E-state index in [0.717, 1.165) is 5.69 Å². The van der Waals surface area contributed by atoms with E-state index in [9.17, 15) is 9.18 Å². The molecule has 4 N–H and O–H groups in total. The summed E-state index contributed by atoms with van der Waals surface area (Å²) in [6.07, 6.45) is 2.11. The highest BCUT2D eigenvalue weighted by Gasteiger charge is 2.31. The van der Waals surface area contributed by atoms with Crippen LogP contribution in [0.2, 0.25) is 0 Å². The second kappa shape index (κ2) is 8.62. The summed E-state index contributed by atoms with van der Waals surface area (Å²) in [5.41, 5.74) is 3.53. The molecule has 0 bridgehead atoms. The van der Waals surface area contributed by atoms with Crippen LogP contribution in [0.3, 0.4) is 0 Å². The van der Waals surface area contributed by atoms with Crippen LogP contribution < -0.4 is 25.4 Å². The second-order valence-electron chi connectivity index (χ2n) is 7.79. The number of nitrogens with zero attached hydrogens (tertiary/aromatic N) is 1. The lowest BCUT2D eigenvalue weighted by Gasteiger charge is -2.27. The van der Waals surface area contributed by atoms with Gasteiger partial charge in [0.15, 0.2) is 23.1 Å². The fraction of sp³-hybridized carbons (Fsp3) is 0.304. The monoisotopic (exact) mass is 453 g/mol. The summed E-state index contributed by atoms with van der Waals surface area (Å²) in [4.78, 5) is 20.6. The number of para-hydroxylation sites is 1. The van der Waals surface area contributed by atoms with Gasteiger partial charge in [-0.2, -0.15) is 0 Å². The predicted octanol–water partition coefficient (Wildman–Crippen LogP) is 3.07. The number of aromatic amines is 1. The first-order valence-electron chi connectivity index (χ1n) is 10.6. The molecule has 4 heterocycles. The molecule has 10 heteroatoms. The van der Waals surface area contributed by atoms with Crippen LogP contribution >= 0.6 is 0 Å². The highest BCUT2D eigenvalue weighted by Crippen LogP contribution is 2.44. The van der Waals surface area contributed by atoms with Crippen LogP contribution in [0.1, 0.15) is 16.1 Å². The number of anilines is 3. The van der Waals surface area contributed by atoms with Crippen molar-refractivity contribution >= 4 is 23.1 Å². The zero-order chi connectivity index (χ0) is 22.9. The van der Waals surface area contributed by atoms with Gasteiger partial charge in [-0.1, -0.05) is 6.07 Å². The number of amides is 1. The minimum atomic E-state index is -0.505. The van der Waals surface area contributed by atoms with E-state index in [1.54, 1.807) is 25.4 Å². The lowest BCUT2D eigenvalue weighted by molar-refractivity contribution is 0.0847. The third-order valence-electron chi connectivity index (χ3n) is 5.70.